The second-order valence-corrected chi connectivity index (χ2v) is 5.87. The number of hydrogen-bond donors (Lipinski definition) is 2. The van der Waals surface area contributed by atoms with E-state index in [9.17, 15) is 19.8 Å². The molecule has 0 aromatic carbocycles. The van der Waals surface area contributed by atoms with Crippen molar-refractivity contribution in [1.82, 2.24) is 4.90 Å². The minimum atomic E-state index is -1.55. The van der Waals surface area contributed by atoms with E-state index in [2.05, 4.69) is 4.90 Å². The predicted octanol–water partition coefficient (Wildman–Crippen LogP) is 1.96. The van der Waals surface area contributed by atoms with Crippen LogP contribution in [0.2, 0.25) is 0 Å². The highest BCUT2D eigenvalue weighted by atomic mass is 16.4. The van der Waals surface area contributed by atoms with Crippen LogP contribution in [-0.2, 0) is 9.59 Å². The summed E-state index contributed by atoms with van der Waals surface area (Å²) in [6.45, 7) is 1.20. The molecule has 2 fully saturated rings. The maximum Gasteiger partial charge on any atom is 0.321 e. The van der Waals surface area contributed by atoms with Crippen LogP contribution in [0, 0.1) is 5.41 Å². The molecule has 2 aliphatic rings. The smallest absolute Gasteiger partial charge is 0.321 e. The number of aliphatic carboxylic acids is 2. The van der Waals surface area contributed by atoms with Gasteiger partial charge in [0.15, 0.2) is 5.41 Å². The van der Waals surface area contributed by atoms with Gasteiger partial charge in [-0.2, -0.15) is 0 Å². The third-order valence-corrected chi connectivity index (χ3v) is 4.81. The van der Waals surface area contributed by atoms with Crippen molar-refractivity contribution in [1.29, 1.82) is 0 Å². The van der Waals surface area contributed by atoms with E-state index in [1.165, 1.54) is 38.5 Å². The van der Waals surface area contributed by atoms with Gasteiger partial charge in [-0.25, -0.2) is 0 Å². The molecule has 0 amide bonds. The Kier molecular flexibility index (Phi) is 4.45. The fraction of sp³-hybridized carbons (Fsp3) is 0.857. The van der Waals surface area contributed by atoms with Crippen LogP contribution < -0.4 is 0 Å². The molecule has 1 saturated heterocycles. The van der Waals surface area contributed by atoms with Crippen molar-refractivity contribution in [2.45, 2.75) is 57.4 Å². The molecule has 0 atom stereocenters. The molecule has 1 aliphatic carbocycles. The molecule has 1 aliphatic heterocycles. The summed E-state index contributed by atoms with van der Waals surface area (Å²) in [5.74, 6) is -2.36. The van der Waals surface area contributed by atoms with Crippen molar-refractivity contribution in [3.05, 3.63) is 0 Å². The average molecular weight is 269 g/mol. The number of carbonyl (C=O) groups is 2. The monoisotopic (exact) mass is 269 g/mol. The zero-order valence-corrected chi connectivity index (χ0v) is 11.3. The fourth-order valence-electron chi connectivity index (χ4n) is 3.41. The van der Waals surface area contributed by atoms with Crippen LogP contribution in [0.4, 0.5) is 0 Å². The van der Waals surface area contributed by atoms with Crippen LogP contribution in [0.3, 0.4) is 0 Å². The zero-order chi connectivity index (χ0) is 13.9. The maximum absolute atomic E-state index is 11.3. The number of rotatable bonds is 3. The first kappa shape index (κ1) is 14.3. The van der Waals surface area contributed by atoms with Crippen molar-refractivity contribution in [2.75, 3.05) is 13.1 Å². The Morgan fingerprint density at radius 2 is 1.37 bits per heavy atom. The summed E-state index contributed by atoms with van der Waals surface area (Å²) < 4.78 is 0. The quantitative estimate of drug-likeness (QED) is 0.605. The van der Waals surface area contributed by atoms with Gasteiger partial charge in [0.2, 0.25) is 0 Å². The molecule has 19 heavy (non-hydrogen) atoms. The first-order valence-corrected chi connectivity index (χ1v) is 7.27. The van der Waals surface area contributed by atoms with Crippen LogP contribution in [0.15, 0.2) is 0 Å². The first-order valence-electron chi connectivity index (χ1n) is 7.27. The Morgan fingerprint density at radius 1 is 0.895 bits per heavy atom. The fourth-order valence-corrected chi connectivity index (χ4v) is 3.41. The average Bonchev–Trinajstić information content (AvgIpc) is 2.67. The van der Waals surface area contributed by atoms with Crippen molar-refractivity contribution < 1.29 is 19.8 Å². The molecule has 5 heteroatoms. The maximum atomic E-state index is 11.3. The molecule has 1 saturated carbocycles. The van der Waals surface area contributed by atoms with Crippen LogP contribution in [0.25, 0.3) is 0 Å². The topological polar surface area (TPSA) is 77.8 Å². The largest absolute Gasteiger partial charge is 0.480 e. The van der Waals surface area contributed by atoms with E-state index in [0.717, 1.165) is 0 Å². The van der Waals surface area contributed by atoms with E-state index < -0.39 is 17.4 Å². The molecule has 0 unspecified atom stereocenters. The molecule has 0 aromatic heterocycles. The minimum Gasteiger partial charge on any atom is -0.480 e. The molecule has 0 radical (unpaired) electrons. The summed E-state index contributed by atoms with van der Waals surface area (Å²) in [6, 6.07) is 0.531. The lowest BCUT2D eigenvalue weighted by Crippen LogP contribution is -2.51. The van der Waals surface area contributed by atoms with Gasteiger partial charge in [-0.1, -0.05) is 25.7 Å². The van der Waals surface area contributed by atoms with E-state index in [-0.39, 0.29) is 12.8 Å². The lowest BCUT2D eigenvalue weighted by atomic mass is 9.78. The molecule has 0 aromatic rings. The van der Waals surface area contributed by atoms with Gasteiger partial charge in [0, 0.05) is 19.1 Å². The third-order valence-electron chi connectivity index (χ3n) is 4.81. The van der Waals surface area contributed by atoms with Crippen LogP contribution in [0.5, 0.6) is 0 Å². The SMILES string of the molecule is O=C(O)C1(C(=O)O)CCN(C2CCCCCC2)CC1. The van der Waals surface area contributed by atoms with E-state index >= 15 is 0 Å². The summed E-state index contributed by atoms with van der Waals surface area (Å²) in [4.78, 5) is 24.8. The van der Waals surface area contributed by atoms with Gasteiger partial charge in [-0.05, 0) is 25.7 Å². The molecule has 0 spiro atoms. The van der Waals surface area contributed by atoms with Gasteiger partial charge in [0.05, 0.1) is 0 Å². The van der Waals surface area contributed by atoms with E-state index in [1.807, 2.05) is 0 Å². The zero-order valence-electron chi connectivity index (χ0n) is 11.3. The summed E-state index contributed by atoms with van der Waals surface area (Å²) in [6.07, 6.45) is 7.87. The van der Waals surface area contributed by atoms with Crippen molar-refractivity contribution >= 4 is 11.9 Å². The number of hydrogen-bond acceptors (Lipinski definition) is 3. The number of piperidine rings is 1. The highest BCUT2D eigenvalue weighted by Crippen LogP contribution is 2.34. The number of likely N-dealkylation sites (tertiary alicyclic amines) is 1. The normalized spacial score (nSPS) is 25.7. The second kappa shape index (κ2) is 5.90. The highest BCUT2D eigenvalue weighted by Gasteiger charge is 2.49. The molecule has 108 valence electrons. The van der Waals surface area contributed by atoms with Gasteiger partial charge >= 0.3 is 11.9 Å². The highest BCUT2D eigenvalue weighted by molar-refractivity contribution is 5.98. The molecular weight excluding hydrogens is 246 g/mol. The summed E-state index contributed by atoms with van der Waals surface area (Å²) in [7, 11) is 0. The summed E-state index contributed by atoms with van der Waals surface area (Å²) in [5.41, 5.74) is -1.55. The minimum absolute atomic E-state index is 0.230. The van der Waals surface area contributed by atoms with Crippen molar-refractivity contribution in [2.24, 2.45) is 5.41 Å². The molecule has 5 nitrogen and oxygen atoms in total. The van der Waals surface area contributed by atoms with Crippen LogP contribution >= 0.6 is 0 Å². The molecule has 0 bridgehead atoms. The number of carboxylic acid groups (broad SMARTS) is 2. The number of nitrogens with zero attached hydrogens (tertiary/aromatic N) is 1. The Bertz CT molecular complexity index is 323. The lowest BCUT2D eigenvalue weighted by Gasteiger charge is -2.40. The Labute approximate surface area is 113 Å². The Balaban J connectivity index is 1.97. The van der Waals surface area contributed by atoms with Gasteiger partial charge in [-0.15, -0.1) is 0 Å². The number of carboxylic acids is 2. The first-order chi connectivity index (χ1) is 9.06. The molecule has 1 heterocycles. The van der Waals surface area contributed by atoms with Crippen LogP contribution in [-0.4, -0.2) is 46.2 Å². The van der Waals surface area contributed by atoms with Gasteiger partial charge < -0.3 is 15.1 Å². The lowest BCUT2D eigenvalue weighted by molar-refractivity contribution is -0.168. The van der Waals surface area contributed by atoms with Crippen LogP contribution in [0.1, 0.15) is 51.4 Å². The third kappa shape index (κ3) is 2.91. The molecular formula is C14H23NO4. The summed E-state index contributed by atoms with van der Waals surface area (Å²) in [5, 5.41) is 18.4. The summed E-state index contributed by atoms with van der Waals surface area (Å²) >= 11 is 0. The molecule has 2 N–H and O–H groups in total. The van der Waals surface area contributed by atoms with E-state index in [1.54, 1.807) is 0 Å². The standard InChI is InChI=1S/C14H23NO4/c16-12(17)14(13(18)19)7-9-15(10-8-14)11-5-3-1-2-4-6-11/h11H,1-10H2,(H,16,17)(H,18,19). The van der Waals surface area contributed by atoms with Gasteiger partial charge in [0.1, 0.15) is 0 Å². The predicted molar refractivity (Wildman–Crippen MR) is 70.0 cm³/mol. The van der Waals surface area contributed by atoms with E-state index in [4.69, 9.17) is 0 Å². The van der Waals surface area contributed by atoms with Crippen molar-refractivity contribution in [3.8, 4) is 0 Å². The van der Waals surface area contributed by atoms with Crippen molar-refractivity contribution in [3.63, 3.8) is 0 Å². The Hall–Kier alpha value is -1.10. The Morgan fingerprint density at radius 3 is 1.79 bits per heavy atom. The van der Waals surface area contributed by atoms with Gasteiger partial charge in [-0.3, -0.25) is 9.59 Å². The van der Waals surface area contributed by atoms with Gasteiger partial charge in [0.25, 0.3) is 0 Å². The second-order valence-electron chi connectivity index (χ2n) is 5.87. The molecule has 2 rings (SSSR count). The van der Waals surface area contributed by atoms with E-state index in [0.29, 0.717) is 19.1 Å².